The van der Waals surface area contributed by atoms with Crippen LogP contribution >= 0.6 is 0 Å². The van der Waals surface area contributed by atoms with Gasteiger partial charge >= 0.3 is 12.0 Å². The van der Waals surface area contributed by atoms with E-state index in [-0.39, 0.29) is 6.42 Å². The van der Waals surface area contributed by atoms with Gasteiger partial charge in [-0.1, -0.05) is 0 Å². The van der Waals surface area contributed by atoms with Gasteiger partial charge in [-0.15, -0.1) is 0 Å². The number of rotatable bonds is 6. The molecule has 0 saturated carbocycles. The molecular formula is C7H12F2N2O4. The summed E-state index contributed by atoms with van der Waals surface area (Å²) in [4.78, 5) is 21.3. The monoisotopic (exact) mass is 226 g/mol. The molecule has 0 aliphatic heterocycles. The Labute approximate surface area is 84.3 Å². The van der Waals surface area contributed by atoms with Gasteiger partial charge in [0.15, 0.2) is 0 Å². The van der Waals surface area contributed by atoms with Gasteiger partial charge in [-0.2, -0.15) is 0 Å². The third-order valence-corrected chi connectivity index (χ3v) is 1.44. The SMILES string of the molecule is O=C(NCC(F)F)NC(CCO)C(=O)O. The fourth-order valence-electron chi connectivity index (χ4n) is 0.766. The number of nitrogens with one attached hydrogen (secondary N) is 2. The number of carboxylic acids is 1. The molecule has 15 heavy (non-hydrogen) atoms. The van der Waals surface area contributed by atoms with Crippen LogP contribution < -0.4 is 10.6 Å². The molecule has 0 spiro atoms. The molecule has 0 heterocycles. The predicted octanol–water partition coefficient (Wildman–Crippen LogP) is -0.614. The Morgan fingerprint density at radius 3 is 2.33 bits per heavy atom. The number of halogens is 2. The zero-order valence-corrected chi connectivity index (χ0v) is 7.74. The average molecular weight is 226 g/mol. The molecule has 0 aromatic carbocycles. The van der Waals surface area contributed by atoms with Crippen LogP contribution in [0.4, 0.5) is 13.6 Å². The molecule has 0 radical (unpaired) electrons. The molecule has 2 amide bonds. The predicted molar refractivity (Wildman–Crippen MR) is 45.7 cm³/mol. The second-order valence-electron chi connectivity index (χ2n) is 2.65. The van der Waals surface area contributed by atoms with Crippen LogP contribution in [0.5, 0.6) is 0 Å². The molecule has 1 unspecified atom stereocenters. The van der Waals surface area contributed by atoms with Gasteiger partial charge < -0.3 is 20.8 Å². The van der Waals surface area contributed by atoms with E-state index in [0.29, 0.717) is 0 Å². The Hall–Kier alpha value is -1.44. The molecule has 6 nitrogen and oxygen atoms in total. The summed E-state index contributed by atoms with van der Waals surface area (Å²) in [5.41, 5.74) is 0. The lowest BCUT2D eigenvalue weighted by Gasteiger charge is -2.13. The Bertz CT molecular complexity index is 225. The Morgan fingerprint density at radius 1 is 1.33 bits per heavy atom. The highest BCUT2D eigenvalue weighted by atomic mass is 19.3. The van der Waals surface area contributed by atoms with Crippen LogP contribution in [0.3, 0.4) is 0 Å². The van der Waals surface area contributed by atoms with Crippen molar-refractivity contribution in [1.29, 1.82) is 0 Å². The number of hydrogen-bond donors (Lipinski definition) is 4. The van der Waals surface area contributed by atoms with Crippen LogP contribution in [-0.2, 0) is 4.79 Å². The minimum Gasteiger partial charge on any atom is -0.480 e. The summed E-state index contributed by atoms with van der Waals surface area (Å²) in [5.74, 6) is -1.34. The molecule has 4 N–H and O–H groups in total. The van der Waals surface area contributed by atoms with Gasteiger partial charge in [0.25, 0.3) is 6.43 Å². The molecule has 0 bridgehead atoms. The topological polar surface area (TPSA) is 98.7 Å². The third-order valence-electron chi connectivity index (χ3n) is 1.44. The van der Waals surface area contributed by atoms with E-state index in [0.717, 1.165) is 0 Å². The van der Waals surface area contributed by atoms with Crippen LogP contribution in [0.1, 0.15) is 6.42 Å². The quantitative estimate of drug-likeness (QED) is 0.485. The van der Waals surface area contributed by atoms with E-state index in [4.69, 9.17) is 10.2 Å². The standard InChI is InChI=1S/C7H12F2N2O4/c8-5(9)3-10-7(15)11-4(1-2-12)6(13)14/h4-5,12H,1-3H2,(H,13,14)(H2,10,11,15). The molecule has 0 aromatic heterocycles. The first-order chi connectivity index (χ1) is 6.97. The number of carboxylic acid groups (broad SMARTS) is 1. The van der Waals surface area contributed by atoms with E-state index in [1.807, 2.05) is 5.32 Å². The van der Waals surface area contributed by atoms with Crippen LogP contribution in [-0.4, -0.2) is 47.8 Å². The number of carbonyl (C=O) groups is 2. The van der Waals surface area contributed by atoms with Crippen molar-refractivity contribution in [2.24, 2.45) is 0 Å². The molecule has 0 fully saturated rings. The fraction of sp³-hybridized carbons (Fsp3) is 0.714. The van der Waals surface area contributed by atoms with E-state index in [1.54, 1.807) is 5.32 Å². The Morgan fingerprint density at radius 2 is 1.93 bits per heavy atom. The van der Waals surface area contributed by atoms with E-state index in [1.165, 1.54) is 0 Å². The first kappa shape index (κ1) is 13.6. The van der Waals surface area contributed by atoms with Crippen molar-refractivity contribution in [3.63, 3.8) is 0 Å². The number of hydrogen-bond acceptors (Lipinski definition) is 3. The molecule has 0 aliphatic rings. The van der Waals surface area contributed by atoms with E-state index >= 15 is 0 Å². The number of alkyl halides is 2. The van der Waals surface area contributed by atoms with E-state index in [2.05, 4.69) is 0 Å². The number of aliphatic carboxylic acids is 1. The van der Waals surface area contributed by atoms with Crippen LogP contribution in [0, 0.1) is 0 Å². The van der Waals surface area contributed by atoms with Gasteiger partial charge in [-0.3, -0.25) is 0 Å². The van der Waals surface area contributed by atoms with Gasteiger partial charge in [0.1, 0.15) is 6.04 Å². The number of aliphatic hydroxyl groups is 1. The molecule has 0 aromatic rings. The van der Waals surface area contributed by atoms with E-state index in [9.17, 15) is 18.4 Å². The molecular weight excluding hydrogens is 214 g/mol. The van der Waals surface area contributed by atoms with E-state index < -0.39 is 37.6 Å². The van der Waals surface area contributed by atoms with Gasteiger partial charge in [-0.05, 0) is 0 Å². The van der Waals surface area contributed by atoms with Crippen LogP contribution in [0.2, 0.25) is 0 Å². The summed E-state index contributed by atoms with van der Waals surface area (Å²) in [5, 5.41) is 20.7. The lowest BCUT2D eigenvalue weighted by Crippen LogP contribution is -2.47. The van der Waals surface area contributed by atoms with Gasteiger partial charge in [0, 0.05) is 13.0 Å². The maximum atomic E-state index is 11.6. The summed E-state index contributed by atoms with van der Waals surface area (Å²) < 4.78 is 23.3. The summed E-state index contributed by atoms with van der Waals surface area (Å²) in [6.45, 7) is -1.27. The van der Waals surface area contributed by atoms with Crippen molar-refractivity contribution >= 4 is 12.0 Å². The number of amides is 2. The van der Waals surface area contributed by atoms with Crippen molar-refractivity contribution in [3.8, 4) is 0 Å². The Balaban J connectivity index is 3.94. The lowest BCUT2D eigenvalue weighted by atomic mass is 10.2. The molecule has 8 heteroatoms. The molecule has 0 rings (SSSR count). The van der Waals surface area contributed by atoms with Crippen molar-refractivity contribution in [2.75, 3.05) is 13.2 Å². The second-order valence-corrected chi connectivity index (χ2v) is 2.65. The molecule has 1 atom stereocenters. The first-order valence-electron chi connectivity index (χ1n) is 4.13. The zero-order valence-electron chi connectivity index (χ0n) is 7.74. The second kappa shape index (κ2) is 6.93. The van der Waals surface area contributed by atoms with Crippen LogP contribution in [0.25, 0.3) is 0 Å². The molecule has 0 aliphatic carbocycles. The normalized spacial score (nSPS) is 12.3. The minimum absolute atomic E-state index is 0.183. The largest absolute Gasteiger partial charge is 0.480 e. The number of carbonyl (C=O) groups excluding carboxylic acids is 1. The Kier molecular flexibility index (Phi) is 6.27. The summed E-state index contributed by atoms with van der Waals surface area (Å²) in [6, 6.07) is -2.29. The average Bonchev–Trinajstić information content (AvgIpc) is 2.14. The maximum absolute atomic E-state index is 11.6. The van der Waals surface area contributed by atoms with Crippen molar-refractivity contribution in [2.45, 2.75) is 18.9 Å². The number of aliphatic hydroxyl groups excluding tert-OH is 1. The zero-order chi connectivity index (χ0) is 11.8. The third kappa shape index (κ3) is 6.61. The minimum atomic E-state index is -2.70. The first-order valence-corrected chi connectivity index (χ1v) is 4.13. The summed E-state index contributed by atoms with van der Waals surface area (Å²) in [7, 11) is 0. The van der Waals surface area contributed by atoms with Crippen molar-refractivity contribution in [1.82, 2.24) is 10.6 Å². The highest BCUT2D eigenvalue weighted by molar-refractivity contribution is 5.82. The van der Waals surface area contributed by atoms with Crippen molar-refractivity contribution < 1.29 is 28.6 Å². The van der Waals surface area contributed by atoms with Gasteiger partial charge in [0.2, 0.25) is 0 Å². The van der Waals surface area contributed by atoms with Gasteiger partial charge in [-0.25, -0.2) is 18.4 Å². The highest BCUT2D eigenvalue weighted by Crippen LogP contribution is 1.92. The summed E-state index contributed by atoms with van der Waals surface area (Å²) in [6.07, 6.45) is -2.88. The maximum Gasteiger partial charge on any atom is 0.326 e. The lowest BCUT2D eigenvalue weighted by molar-refractivity contribution is -0.139. The fourth-order valence-corrected chi connectivity index (χ4v) is 0.766. The molecule has 88 valence electrons. The highest BCUT2D eigenvalue weighted by Gasteiger charge is 2.19. The van der Waals surface area contributed by atoms with Crippen LogP contribution in [0.15, 0.2) is 0 Å². The number of urea groups is 1. The summed E-state index contributed by atoms with van der Waals surface area (Å²) >= 11 is 0. The molecule has 0 saturated heterocycles. The smallest absolute Gasteiger partial charge is 0.326 e. The van der Waals surface area contributed by atoms with Crippen molar-refractivity contribution in [3.05, 3.63) is 0 Å². The van der Waals surface area contributed by atoms with Gasteiger partial charge in [0.05, 0.1) is 6.54 Å².